The summed E-state index contributed by atoms with van der Waals surface area (Å²) in [5.74, 6) is -1.22. The molecule has 0 unspecified atom stereocenters. The van der Waals surface area contributed by atoms with Crippen molar-refractivity contribution >= 4 is 58.5 Å². The van der Waals surface area contributed by atoms with E-state index in [-0.39, 0.29) is 0 Å². The molecule has 2 amide bonds. The number of carbonyl (C=O) groups is 2. The molecule has 0 aromatic heterocycles. The highest BCUT2D eigenvalue weighted by Gasteiger charge is 2.13. The molecule has 0 aliphatic carbocycles. The number of benzene rings is 3. The number of ether oxygens (including phenoxy) is 1. The van der Waals surface area contributed by atoms with Crippen LogP contribution in [0.5, 0.6) is 5.75 Å². The molecule has 0 heterocycles. The summed E-state index contributed by atoms with van der Waals surface area (Å²) in [7, 11) is 0. The zero-order chi connectivity index (χ0) is 22.2. The Hall–Kier alpha value is -3.06. The highest BCUT2D eigenvalue weighted by atomic mass is 35.5. The summed E-state index contributed by atoms with van der Waals surface area (Å²) in [6, 6.07) is 18.9. The van der Waals surface area contributed by atoms with Crippen LogP contribution in [-0.2, 0) is 16.2 Å². The number of anilines is 1. The van der Waals surface area contributed by atoms with Gasteiger partial charge in [-0.2, -0.15) is 5.10 Å². The van der Waals surface area contributed by atoms with Crippen molar-refractivity contribution in [2.24, 2.45) is 5.10 Å². The van der Waals surface area contributed by atoms with Crippen LogP contribution < -0.4 is 15.5 Å². The van der Waals surface area contributed by atoms with E-state index in [0.29, 0.717) is 38.7 Å². The van der Waals surface area contributed by atoms with Crippen molar-refractivity contribution in [3.05, 3.63) is 92.9 Å². The molecule has 0 aliphatic heterocycles. The lowest BCUT2D eigenvalue weighted by Crippen LogP contribution is -2.32. The molecule has 0 aliphatic rings. The number of nitrogens with zero attached hydrogens (tertiary/aromatic N) is 1. The van der Waals surface area contributed by atoms with Gasteiger partial charge >= 0.3 is 11.8 Å². The molecule has 0 atom stereocenters. The van der Waals surface area contributed by atoms with Crippen molar-refractivity contribution < 1.29 is 14.3 Å². The number of hydrazone groups is 1. The molecule has 6 nitrogen and oxygen atoms in total. The fourth-order valence-corrected chi connectivity index (χ4v) is 3.11. The van der Waals surface area contributed by atoms with Crippen molar-refractivity contribution in [2.75, 3.05) is 5.32 Å². The minimum Gasteiger partial charge on any atom is -0.489 e. The van der Waals surface area contributed by atoms with Gasteiger partial charge in [0.05, 0.1) is 6.21 Å². The zero-order valence-corrected chi connectivity index (χ0v) is 18.2. The number of halogens is 3. The Kier molecular flexibility index (Phi) is 7.89. The van der Waals surface area contributed by atoms with Crippen LogP contribution in [0.1, 0.15) is 11.1 Å². The maximum Gasteiger partial charge on any atom is 0.329 e. The van der Waals surface area contributed by atoms with Crippen molar-refractivity contribution in [1.82, 2.24) is 5.43 Å². The third-order valence-corrected chi connectivity index (χ3v) is 4.57. The van der Waals surface area contributed by atoms with Crippen LogP contribution in [0.2, 0.25) is 15.1 Å². The average molecular weight is 477 g/mol. The molecule has 0 saturated carbocycles. The summed E-state index contributed by atoms with van der Waals surface area (Å²) in [5.41, 5.74) is 4.11. The Labute approximate surface area is 193 Å². The van der Waals surface area contributed by atoms with E-state index in [2.05, 4.69) is 15.8 Å². The van der Waals surface area contributed by atoms with E-state index >= 15 is 0 Å². The third-order valence-electron chi connectivity index (χ3n) is 3.88. The highest BCUT2D eigenvalue weighted by molar-refractivity contribution is 6.40. The van der Waals surface area contributed by atoms with Crippen molar-refractivity contribution in [3.63, 3.8) is 0 Å². The van der Waals surface area contributed by atoms with E-state index in [4.69, 9.17) is 39.5 Å². The number of hydrogen-bond donors (Lipinski definition) is 2. The molecule has 0 fully saturated rings. The summed E-state index contributed by atoms with van der Waals surface area (Å²) in [6.07, 6.45) is 1.40. The second-order valence-corrected chi connectivity index (χ2v) is 7.61. The normalized spacial score (nSPS) is 10.7. The van der Waals surface area contributed by atoms with Crippen molar-refractivity contribution in [1.29, 1.82) is 0 Å². The highest BCUT2D eigenvalue weighted by Crippen LogP contribution is 2.22. The largest absolute Gasteiger partial charge is 0.489 e. The van der Waals surface area contributed by atoms with Crippen LogP contribution in [0, 0.1) is 0 Å². The summed E-state index contributed by atoms with van der Waals surface area (Å²) >= 11 is 17.6. The van der Waals surface area contributed by atoms with Crippen LogP contribution >= 0.6 is 34.8 Å². The molecular weight excluding hydrogens is 461 g/mol. The van der Waals surface area contributed by atoms with E-state index in [9.17, 15) is 9.59 Å². The number of rotatable bonds is 6. The predicted molar refractivity (Wildman–Crippen MR) is 123 cm³/mol. The first-order valence-electron chi connectivity index (χ1n) is 8.97. The van der Waals surface area contributed by atoms with E-state index < -0.39 is 11.8 Å². The molecule has 0 spiro atoms. The van der Waals surface area contributed by atoms with E-state index in [0.717, 1.165) is 5.56 Å². The van der Waals surface area contributed by atoms with Gasteiger partial charge < -0.3 is 10.1 Å². The lowest BCUT2D eigenvalue weighted by molar-refractivity contribution is -0.136. The van der Waals surface area contributed by atoms with Gasteiger partial charge in [0.1, 0.15) is 12.4 Å². The number of hydrogen-bond acceptors (Lipinski definition) is 4. The van der Waals surface area contributed by atoms with Gasteiger partial charge in [-0.05, 0) is 53.6 Å². The van der Waals surface area contributed by atoms with Crippen LogP contribution in [0.3, 0.4) is 0 Å². The second kappa shape index (κ2) is 10.8. The smallest absolute Gasteiger partial charge is 0.329 e. The minimum atomic E-state index is -0.942. The van der Waals surface area contributed by atoms with Gasteiger partial charge in [0.25, 0.3) is 0 Å². The number of nitrogens with one attached hydrogen (secondary N) is 2. The third kappa shape index (κ3) is 7.29. The van der Waals surface area contributed by atoms with Gasteiger partial charge in [-0.15, -0.1) is 0 Å². The lowest BCUT2D eigenvalue weighted by atomic mass is 10.2. The molecule has 9 heteroatoms. The van der Waals surface area contributed by atoms with Crippen LogP contribution in [0.4, 0.5) is 5.69 Å². The van der Waals surface area contributed by atoms with Crippen molar-refractivity contribution in [2.45, 2.75) is 6.61 Å². The van der Waals surface area contributed by atoms with Gasteiger partial charge in [0, 0.05) is 20.8 Å². The zero-order valence-electron chi connectivity index (χ0n) is 15.9. The minimum absolute atomic E-state index is 0.298. The SMILES string of the molecule is O=C(N/N=C/c1cccc(OCc2ccc(Cl)cc2)c1)C(=O)Nc1cc(Cl)cc(Cl)c1. The van der Waals surface area contributed by atoms with Crippen LogP contribution in [0.25, 0.3) is 0 Å². The first kappa shape index (κ1) is 22.6. The molecule has 2 N–H and O–H groups in total. The quantitative estimate of drug-likeness (QED) is 0.287. The molecule has 3 rings (SSSR count). The van der Waals surface area contributed by atoms with Gasteiger partial charge in [0.2, 0.25) is 0 Å². The Balaban J connectivity index is 1.52. The van der Waals surface area contributed by atoms with Gasteiger partial charge in [-0.25, -0.2) is 5.43 Å². The first-order chi connectivity index (χ1) is 14.9. The van der Waals surface area contributed by atoms with Gasteiger partial charge in [-0.1, -0.05) is 59.1 Å². The first-order valence-corrected chi connectivity index (χ1v) is 10.1. The maximum absolute atomic E-state index is 12.0. The van der Waals surface area contributed by atoms with Crippen LogP contribution in [0.15, 0.2) is 71.8 Å². The van der Waals surface area contributed by atoms with E-state index in [1.807, 2.05) is 12.1 Å². The molecule has 31 heavy (non-hydrogen) atoms. The Bertz CT molecular complexity index is 1100. The molecule has 0 saturated heterocycles. The fraction of sp³-hybridized carbons (Fsp3) is 0.0455. The Morgan fingerprint density at radius 1 is 0.871 bits per heavy atom. The lowest BCUT2D eigenvalue weighted by Gasteiger charge is -2.07. The monoisotopic (exact) mass is 475 g/mol. The molecule has 0 bridgehead atoms. The summed E-state index contributed by atoms with van der Waals surface area (Å²) < 4.78 is 5.75. The van der Waals surface area contributed by atoms with Gasteiger partial charge in [-0.3, -0.25) is 9.59 Å². The summed E-state index contributed by atoms with van der Waals surface area (Å²) in [4.78, 5) is 23.9. The Morgan fingerprint density at radius 3 is 2.29 bits per heavy atom. The standard InChI is InChI=1S/C22H16Cl3N3O3/c23-16-6-4-14(5-7-16)13-31-20-3-1-2-15(8-20)12-26-28-22(30)21(29)27-19-10-17(24)9-18(25)11-19/h1-12H,13H2,(H,27,29)(H,28,30)/b26-12+. The predicted octanol–water partition coefficient (Wildman–Crippen LogP) is 5.31. The summed E-state index contributed by atoms with van der Waals surface area (Å²) in [6.45, 7) is 0.377. The molecule has 3 aromatic carbocycles. The number of carbonyl (C=O) groups excluding carboxylic acids is 2. The van der Waals surface area contributed by atoms with E-state index in [1.54, 1.807) is 36.4 Å². The van der Waals surface area contributed by atoms with Crippen molar-refractivity contribution in [3.8, 4) is 5.75 Å². The maximum atomic E-state index is 12.0. The molecule has 3 aromatic rings. The number of amides is 2. The van der Waals surface area contributed by atoms with Gasteiger partial charge in [0.15, 0.2) is 0 Å². The average Bonchev–Trinajstić information content (AvgIpc) is 2.73. The second-order valence-electron chi connectivity index (χ2n) is 6.30. The molecule has 0 radical (unpaired) electrons. The molecular formula is C22H16Cl3N3O3. The van der Waals surface area contributed by atoms with E-state index in [1.165, 1.54) is 24.4 Å². The fourth-order valence-electron chi connectivity index (χ4n) is 2.46. The Morgan fingerprint density at radius 2 is 1.58 bits per heavy atom. The summed E-state index contributed by atoms with van der Waals surface area (Å²) in [5, 5.41) is 7.52. The van der Waals surface area contributed by atoms with Crippen LogP contribution in [-0.4, -0.2) is 18.0 Å². The molecule has 158 valence electrons. The topological polar surface area (TPSA) is 79.8 Å².